The van der Waals surface area contributed by atoms with E-state index in [9.17, 15) is 4.39 Å². The maximum atomic E-state index is 14.0. The standard InChI is InChI=1S/C20H27FN4/c21-19-8-5-10-23-20(19)15-25(11-4-3-9-22)14-18-12-16-6-1-2-7-17(16)13-24-18/h1-2,5-8,10,18,24H,3-4,9,11-15,22H2/t18-/m1/s1. The molecule has 0 radical (unpaired) electrons. The third-order valence-corrected chi connectivity index (χ3v) is 4.78. The van der Waals surface area contributed by atoms with Crippen molar-refractivity contribution in [2.45, 2.75) is 38.4 Å². The highest BCUT2D eigenvalue weighted by Crippen LogP contribution is 2.18. The summed E-state index contributed by atoms with van der Waals surface area (Å²) < 4.78 is 14.0. The van der Waals surface area contributed by atoms with Gasteiger partial charge >= 0.3 is 0 Å². The summed E-state index contributed by atoms with van der Waals surface area (Å²) in [5.74, 6) is -0.228. The Morgan fingerprint density at radius 2 is 2.00 bits per heavy atom. The van der Waals surface area contributed by atoms with E-state index in [4.69, 9.17) is 5.73 Å². The summed E-state index contributed by atoms with van der Waals surface area (Å²) in [4.78, 5) is 6.51. The summed E-state index contributed by atoms with van der Waals surface area (Å²) in [6.45, 7) is 3.93. The van der Waals surface area contributed by atoms with E-state index in [0.717, 1.165) is 38.9 Å². The molecule has 0 spiro atoms. The lowest BCUT2D eigenvalue weighted by Gasteiger charge is -2.31. The van der Waals surface area contributed by atoms with Crippen LogP contribution in [0.2, 0.25) is 0 Å². The minimum absolute atomic E-state index is 0.228. The van der Waals surface area contributed by atoms with Crippen molar-refractivity contribution >= 4 is 0 Å². The molecule has 0 saturated heterocycles. The first-order valence-corrected chi connectivity index (χ1v) is 9.08. The van der Waals surface area contributed by atoms with E-state index in [0.29, 0.717) is 24.8 Å². The molecule has 1 aromatic heterocycles. The Balaban J connectivity index is 1.64. The number of benzene rings is 1. The predicted molar refractivity (Wildman–Crippen MR) is 98.5 cm³/mol. The highest BCUT2D eigenvalue weighted by atomic mass is 19.1. The van der Waals surface area contributed by atoms with Crippen LogP contribution in [0.4, 0.5) is 4.39 Å². The highest BCUT2D eigenvalue weighted by Gasteiger charge is 2.21. The van der Waals surface area contributed by atoms with E-state index < -0.39 is 0 Å². The van der Waals surface area contributed by atoms with Crippen LogP contribution in [0.3, 0.4) is 0 Å². The molecular formula is C20H27FN4. The molecule has 0 fully saturated rings. The van der Waals surface area contributed by atoms with E-state index in [1.54, 1.807) is 12.3 Å². The average molecular weight is 342 g/mol. The lowest BCUT2D eigenvalue weighted by Crippen LogP contribution is -2.45. The Kier molecular flexibility index (Phi) is 6.50. The van der Waals surface area contributed by atoms with Crippen LogP contribution in [0.1, 0.15) is 29.7 Å². The Morgan fingerprint density at radius 1 is 1.16 bits per heavy atom. The number of aromatic nitrogens is 1. The van der Waals surface area contributed by atoms with Gasteiger partial charge in [0.1, 0.15) is 5.82 Å². The van der Waals surface area contributed by atoms with Gasteiger partial charge in [-0.2, -0.15) is 0 Å². The molecule has 25 heavy (non-hydrogen) atoms. The first-order valence-electron chi connectivity index (χ1n) is 9.08. The van der Waals surface area contributed by atoms with Crippen molar-refractivity contribution in [1.29, 1.82) is 0 Å². The SMILES string of the molecule is NCCCCN(Cc1ncccc1F)C[C@H]1Cc2ccccc2CN1. The van der Waals surface area contributed by atoms with Crippen molar-refractivity contribution in [3.63, 3.8) is 0 Å². The number of pyridine rings is 1. The number of fused-ring (bicyclic) bond motifs is 1. The third kappa shape index (κ3) is 5.08. The van der Waals surface area contributed by atoms with Crippen LogP contribution in [-0.4, -0.2) is 35.6 Å². The average Bonchev–Trinajstić information content (AvgIpc) is 2.63. The van der Waals surface area contributed by atoms with Gasteiger partial charge in [0.05, 0.1) is 5.69 Å². The lowest BCUT2D eigenvalue weighted by molar-refractivity contribution is 0.219. The summed E-state index contributed by atoms with van der Waals surface area (Å²) in [6, 6.07) is 12.1. The maximum Gasteiger partial charge on any atom is 0.146 e. The maximum absolute atomic E-state index is 14.0. The molecule has 5 heteroatoms. The smallest absolute Gasteiger partial charge is 0.146 e. The minimum atomic E-state index is -0.228. The highest BCUT2D eigenvalue weighted by molar-refractivity contribution is 5.30. The van der Waals surface area contributed by atoms with Crippen molar-refractivity contribution in [1.82, 2.24) is 15.2 Å². The molecule has 134 valence electrons. The van der Waals surface area contributed by atoms with Crippen molar-refractivity contribution in [2.24, 2.45) is 5.73 Å². The molecule has 0 aliphatic carbocycles. The van der Waals surface area contributed by atoms with E-state index in [2.05, 4.69) is 39.5 Å². The second-order valence-corrected chi connectivity index (χ2v) is 6.71. The normalized spacial score (nSPS) is 16.8. The molecule has 1 atom stereocenters. The van der Waals surface area contributed by atoms with Crippen molar-refractivity contribution in [2.75, 3.05) is 19.6 Å². The molecule has 1 aliphatic heterocycles. The van der Waals surface area contributed by atoms with Crippen LogP contribution in [0.5, 0.6) is 0 Å². The molecule has 0 unspecified atom stereocenters. The number of rotatable bonds is 8. The molecule has 2 aromatic rings. The molecule has 1 aliphatic rings. The third-order valence-electron chi connectivity index (χ3n) is 4.78. The van der Waals surface area contributed by atoms with Gasteiger partial charge in [-0.25, -0.2) is 4.39 Å². The van der Waals surface area contributed by atoms with E-state index in [1.165, 1.54) is 17.2 Å². The van der Waals surface area contributed by atoms with Gasteiger partial charge in [0, 0.05) is 31.9 Å². The number of hydrogen-bond donors (Lipinski definition) is 2. The van der Waals surface area contributed by atoms with Gasteiger partial charge < -0.3 is 11.1 Å². The van der Waals surface area contributed by atoms with Crippen LogP contribution < -0.4 is 11.1 Å². The summed E-state index contributed by atoms with van der Waals surface area (Å²) in [5, 5.41) is 3.62. The zero-order chi connectivity index (χ0) is 17.5. The molecule has 4 nitrogen and oxygen atoms in total. The fourth-order valence-electron chi connectivity index (χ4n) is 3.42. The summed E-state index contributed by atoms with van der Waals surface area (Å²) in [7, 11) is 0. The van der Waals surface area contributed by atoms with Crippen molar-refractivity contribution in [3.8, 4) is 0 Å². The van der Waals surface area contributed by atoms with Gasteiger partial charge in [0.15, 0.2) is 0 Å². The summed E-state index contributed by atoms with van der Waals surface area (Å²) in [5.41, 5.74) is 8.94. The van der Waals surface area contributed by atoms with E-state index in [-0.39, 0.29) is 5.82 Å². The van der Waals surface area contributed by atoms with Gasteiger partial charge in [-0.3, -0.25) is 9.88 Å². The molecule has 3 N–H and O–H groups in total. The monoisotopic (exact) mass is 342 g/mol. The molecule has 0 amide bonds. The zero-order valence-corrected chi connectivity index (χ0v) is 14.6. The number of unbranched alkanes of at least 4 members (excludes halogenated alkanes) is 1. The molecule has 2 heterocycles. The predicted octanol–water partition coefficient (Wildman–Crippen LogP) is 2.48. The molecule has 0 saturated carbocycles. The Hall–Kier alpha value is -1.82. The fraction of sp³-hybridized carbons (Fsp3) is 0.450. The van der Waals surface area contributed by atoms with Gasteiger partial charge in [-0.1, -0.05) is 24.3 Å². The molecule has 1 aromatic carbocycles. The van der Waals surface area contributed by atoms with Crippen LogP contribution in [0.15, 0.2) is 42.6 Å². The van der Waals surface area contributed by atoms with E-state index >= 15 is 0 Å². The van der Waals surface area contributed by atoms with E-state index in [1.807, 2.05) is 0 Å². The zero-order valence-electron chi connectivity index (χ0n) is 14.6. The fourth-order valence-corrected chi connectivity index (χ4v) is 3.42. The first kappa shape index (κ1) is 18.0. The Bertz CT molecular complexity index is 676. The molecule has 0 bridgehead atoms. The Labute approximate surface area is 149 Å². The number of nitrogens with two attached hydrogens (primary N) is 1. The summed E-state index contributed by atoms with van der Waals surface area (Å²) >= 11 is 0. The lowest BCUT2D eigenvalue weighted by atomic mass is 9.95. The van der Waals surface area contributed by atoms with Crippen LogP contribution in [-0.2, 0) is 19.5 Å². The quantitative estimate of drug-likeness (QED) is 0.724. The molecular weight excluding hydrogens is 315 g/mol. The number of nitrogens with zero attached hydrogens (tertiary/aromatic N) is 2. The minimum Gasteiger partial charge on any atom is -0.330 e. The number of halogens is 1. The number of nitrogens with one attached hydrogen (secondary N) is 1. The van der Waals surface area contributed by atoms with Crippen LogP contribution in [0.25, 0.3) is 0 Å². The largest absolute Gasteiger partial charge is 0.330 e. The van der Waals surface area contributed by atoms with Crippen molar-refractivity contribution < 1.29 is 4.39 Å². The topological polar surface area (TPSA) is 54.2 Å². The van der Waals surface area contributed by atoms with Gasteiger partial charge in [-0.15, -0.1) is 0 Å². The second kappa shape index (κ2) is 9.04. The molecule has 3 rings (SSSR count). The van der Waals surface area contributed by atoms with Gasteiger partial charge in [-0.05, 0) is 55.6 Å². The van der Waals surface area contributed by atoms with Crippen LogP contribution in [0, 0.1) is 5.82 Å². The van der Waals surface area contributed by atoms with Gasteiger partial charge in [0.25, 0.3) is 0 Å². The van der Waals surface area contributed by atoms with Crippen LogP contribution >= 0.6 is 0 Å². The van der Waals surface area contributed by atoms with Crippen molar-refractivity contribution in [3.05, 3.63) is 65.2 Å². The number of hydrogen-bond acceptors (Lipinski definition) is 4. The first-order chi connectivity index (χ1) is 12.3. The summed E-state index contributed by atoms with van der Waals surface area (Å²) in [6.07, 6.45) is 4.68. The van der Waals surface area contributed by atoms with Gasteiger partial charge in [0.2, 0.25) is 0 Å². The second-order valence-electron chi connectivity index (χ2n) is 6.71. The Morgan fingerprint density at radius 3 is 2.80 bits per heavy atom.